The number of nitrogens with two attached hydrogens (primary N) is 1. The molecule has 10 nitrogen and oxygen atoms in total. The predicted molar refractivity (Wildman–Crippen MR) is 101 cm³/mol. The van der Waals surface area contributed by atoms with E-state index in [1.54, 1.807) is 4.68 Å². The van der Waals surface area contributed by atoms with Crippen LogP contribution in [0.4, 0.5) is 22.9 Å². The molecule has 3 rings (SSSR count). The van der Waals surface area contributed by atoms with Gasteiger partial charge in [0.1, 0.15) is 18.6 Å². The Labute approximate surface area is 161 Å². The summed E-state index contributed by atoms with van der Waals surface area (Å²) in [6.45, 7) is 0.679. The zero-order valence-electron chi connectivity index (χ0n) is 15.5. The lowest BCUT2D eigenvalue weighted by Crippen LogP contribution is -2.27. The molecule has 1 aromatic carbocycles. The maximum atomic E-state index is 10.9. The van der Waals surface area contributed by atoms with Crippen molar-refractivity contribution < 1.29 is 14.2 Å². The molecule has 2 N–H and O–H groups in total. The molecule has 0 aliphatic carbocycles. The highest BCUT2D eigenvalue weighted by molar-refractivity contribution is 5.57. The second-order valence-corrected chi connectivity index (χ2v) is 6.15. The molecule has 0 unspecified atom stereocenters. The molecule has 0 bridgehead atoms. The Morgan fingerprint density at radius 2 is 2.11 bits per heavy atom. The van der Waals surface area contributed by atoms with Gasteiger partial charge in [0.15, 0.2) is 12.4 Å². The molecular weight excluding hydrogens is 362 g/mol. The average Bonchev–Trinajstić information content (AvgIpc) is 3.00. The highest BCUT2D eigenvalue weighted by atomic mass is 16.6. The third kappa shape index (κ3) is 4.35. The van der Waals surface area contributed by atoms with Gasteiger partial charge in [-0.3, -0.25) is 10.1 Å². The molecule has 0 fully saturated rings. The highest BCUT2D eigenvalue weighted by Gasteiger charge is 2.12. The molecule has 10 heteroatoms. The van der Waals surface area contributed by atoms with E-state index < -0.39 is 4.92 Å². The molecule has 144 valence electrons. The largest absolute Gasteiger partial charge is 0.382 e. The molecule has 3 aromatic rings. The molecule has 0 aliphatic heterocycles. The van der Waals surface area contributed by atoms with Gasteiger partial charge in [0.2, 0.25) is 0 Å². The van der Waals surface area contributed by atoms with Crippen LogP contribution < -0.4 is 10.3 Å². The Kier molecular flexibility index (Phi) is 5.70. The first-order chi connectivity index (χ1) is 13.5. The summed E-state index contributed by atoms with van der Waals surface area (Å²) in [5, 5.41) is 23.5. The number of azo groups is 1. The van der Waals surface area contributed by atoms with E-state index in [0.29, 0.717) is 29.3 Å². The number of nitrogen functional groups attached to an aromatic ring is 1. The molecular formula is C18H20N7O3+. The number of hydrogen-bond acceptors (Lipinski definition) is 7. The first-order valence-corrected chi connectivity index (χ1v) is 8.41. The molecule has 0 saturated heterocycles. The molecule has 0 saturated carbocycles. The Bertz CT molecular complexity index is 1030. The lowest BCUT2D eigenvalue weighted by Gasteiger charge is -2.04. The van der Waals surface area contributed by atoms with Crippen molar-refractivity contribution in [3.8, 4) is 0 Å². The van der Waals surface area contributed by atoms with Crippen molar-refractivity contribution >= 4 is 22.9 Å². The third-order valence-electron chi connectivity index (χ3n) is 4.03. The number of anilines is 1. The summed E-state index contributed by atoms with van der Waals surface area (Å²) in [6, 6.07) is 8.24. The number of hydrogen-bond donors (Lipinski definition) is 1. The molecule has 2 heterocycles. The lowest BCUT2D eigenvalue weighted by molar-refractivity contribution is -0.671. The molecule has 0 atom stereocenters. The maximum absolute atomic E-state index is 10.9. The number of ether oxygens (including phenoxy) is 1. The van der Waals surface area contributed by atoms with Crippen LogP contribution in [-0.2, 0) is 24.9 Å². The number of non-ortho nitro benzene ring substituents is 1. The normalized spacial score (nSPS) is 11.2. The average molecular weight is 382 g/mol. The Morgan fingerprint density at radius 3 is 2.82 bits per heavy atom. The van der Waals surface area contributed by atoms with E-state index in [4.69, 9.17) is 10.5 Å². The van der Waals surface area contributed by atoms with Crippen LogP contribution in [0.1, 0.15) is 11.1 Å². The number of nitro benzene ring substituents is 1. The zero-order valence-corrected chi connectivity index (χ0v) is 15.5. The second-order valence-electron chi connectivity index (χ2n) is 6.15. The predicted octanol–water partition coefficient (Wildman–Crippen LogP) is 2.81. The van der Waals surface area contributed by atoms with Gasteiger partial charge in [-0.2, -0.15) is 5.10 Å². The van der Waals surface area contributed by atoms with Gasteiger partial charge in [0, 0.05) is 36.4 Å². The fraction of sp³-hybridized carbons (Fsp3) is 0.222. The number of rotatable bonds is 7. The number of benzene rings is 1. The molecule has 28 heavy (non-hydrogen) atoms. The highest BCUT2D eigenvalue weighted by Crippen LogP contribution is 2.29. The summed E-state index contributed by atoms with van der Waals surface area (Å²) in [6.07, 6.45) is 5.46. The monoisotopic (exact) mass is 382 g/mol. The topological polar surface area (TPSA) is 125 Å². The minimum atomic E-state index is -0.467. The minimum Gasteiger partial charge on any atom is -0.382 e. The Morgan fingerprint density at radius 1 is 1.32 bits per heavy atom. The van der Waals surface area contributed by atoms with Crippen molar-refractivity contribution in [3.05, 3.63) is 70.2 Å². The summed E-state index contributed by atoms with van der Waals surface area (Å²) >= 11 is 0. The first kappa shape index (κ1) is 19.1. The zero-order chi connectivity index (χ0) is 20.1. The fourth-order valence-electron chi connectivity index (χ4n) is 2.67. The summed E-state index contributed by atoms with van der Waals surface area (Å²) in [4.78, 5) is 10.5. The third-order valence-corrected chi connectivity index (χ3v) is 4.03. The molecule has 0 amide bonds. The SMILES string of the molecule is COCc1cc([N+](=O)[O-])ccc1N=Nc1cnn(Cc2ccc[n+](C)c2)c1N. The summed E-state index contributed by atoms with van der Waals surface area (Å²) in [5.74, 6) is 0.380. The van der Waals surface area contributed by atoms with Crippen molar-refractivity contribution in [2.45, 2.75) is 13.2 Å². The molecule has 0 aliphatic rings. The van der Waals surface area contributed by atoms with Gasteiger partial charge < -0.3 is 10.5 Å². The van der Waals surface area contributed by atoms with Gasteiger partial charge in [-0.05, 0) is 12.1 Å². The standard InChI is InChI=1S/C18H20N7O3/c1-23-7-3-4-13(10-23)11-24-18(19)17(9-20-24)22-21-16-6-5-15(25(26)27)8-14(16)12-28-2/h3-10H,11-12,19H2,1-2H3/q+1. The van der Waals surface area contributed by atoms with E-state index in [2.05, 4.69) is 15.3 Å². The van der Waals surface area contributed by atoms with E-state index in [-0.39, 0.29) is 12.3 Å². The van der Waals surface area contributed by atoms with Crippen molar-refractivity contribution in [2.24, 2.45) is 17.3 Å². The summed E-state index contributed by atoms with van der Waals surface area (Å²) < 4.78 is 8.67. The first-order valence-electron chi connectivity index (χ1n) is 8.41. The van der Waals surface area contributed by atoms with Crippen molar-refractivity contribution in [3.63, 3.8) is 0 Å². The summed E-state index contributed by atoms with van der Waals surface area (Å²) in [5.41, 5.74) is 8.59. The summed E-state index contributed by atoms with van der Waals surface area (Å²) in [7, 11) is 3.45. The number of methoxy groups -OCH3 is 1. The van der Waals surface area contributed by atoms with E-state index in [0.717, 1.165) is 5.56 Å². The van der Waals surface area contributed by atoms with E-state index >= 15 is 0 Å². The van der Waals surface area contributed by atoms with Crippen LogP contribution in [0.5, 0.6) is 0 Å². The van der Waals surface area contributed by atoms with Crippen LogP contribution in [0.2, 0.25) is 0 Å². The van der Waals surface area contributed by atoms with Crippen LogP contribution in [0.3, 0.4) is 0 Å². The van der Waals surface area contributed by atoms with E-state index in [1.807, 2.05) is 36.1 Å². The number of aryl methyl sites for hydroxylation is 1. The van der Waals surface area contributed by atoms with E-state index in [9.17, 15) is 10.1 Å². The van der Waals surface area contributed by atoms with Crippen LogP contribution in [0.25, 0.3) is 0 Å². The minimum absolute atomic E-state index is 0.0330. The number of nitro groups is 1. The number of pyridine rings is 1. The van der Waals surface area contributed by atoms with Crippen molar-refractivity contribution in [1.82, 2.24) is 9.78 Å². The van der Waals surface area contributed by atoms with Gasteiger partial charge in [-0.1, -0.05) is 0 Å². The van der Waals surface area contributed by atoms with Gasteiger partial charge >= 0.3 is 0 Å². The lowest BCUT2D eigenvalue weighted by atomic mass is 10.1. The molecule has 0 spiro atoms. The van der Waals surface area contributed by atoms with Gasteiger partial charge in [-0.25, -0.2) is 9.25 Å². The van der Waals surface area contributed by atoms with Crippen molar-refractivity contribution in [2.75, 3.05) is 12.8 Å². The van der Waals surface area contributed by atoms with Gasteiger partial charge in [0.25, 0.3) is 5.69 Å². The number of nitrogens with zero attached hydrogens (tertiary/aromatic N) is 6. The molecule has 0 radical (unpaired) electrons. The maximum Gasteiger partial charge on any atom is 0.269 e. The van der Waals surface area contributed by atoms with Crippen LogP contribution in [0.15, 0.2) is 59.2 Å². The Balaban J connectivity index is 1.83. The molecule has 2 aromatic heterocycles. The second kappa shape index (κ2) is 8.35. The van der Waals surface area contributed by atoms with Gasteiger partial charge in [0.05, 0.1) is 30.0 Å². The van der Waals surface area contributed by atoms with Gasteiger partial charge in [-0.15, -0.1) is 10.2 Å². The Hall–Kier alpha value is -3.66. The van der Waals surface area contributed by atoms with Crippen LogP contribution in [-0.4, -0.2) is 21.8 Å². The van der Waals surface area contributed by atoms with E-state index in [1.165, 1.54) is 31.5 Å². The fourth-order valence-corrected chi connectivity index (χ4v) is 2.67. The van der Waals surface area contributed by atoms with Crippen LogP contribution >= 0.6 is 0 Å². The number of aromatic nitrogens is 3. The smallest absolute Gasteiger partial charge is 0.269 e. The van der Waals surface area contributed by atoms with Crippen molar-refractivity contribution in [1.29, 1.82) is 0 Å². The quantitative estimate of drug-likeness (QED) is 0.291. The van der Waals surface area contributed by atoms with Crippen LogP contribution in [0, 0.1) is 10.1 Å².